The number of methoxy groups -OCH3 is 1. The molecule has 0 saturated carbocycles. The van der Waals surface area contributed by atoms with Crippen LogP contribution in [0.4, 0.5) is 0 Å². The quantitative estimate of drug-likeness (QED) is 0.903. The molecular weight excluding hydrogens is 262 g/mol. The van der Waals surface area contributed by atoms with Crippen LogP contribution in [0.5, 0.6) is 17.2 Å². The maximum Gasteiger partial charge on any atom is 0.135 e. The third kappa shape index (κ3) is 3.03. The summed E-state index contributed by atoms with van der Waals surface area (Å²) in [5, 5.41) is 0. The summed E-state index contributed by atoms with van der Waals surface area (Å²) in [6.07, 6.45) is 0. The van der Waals surface area contributed by atoms with E-state index in [2.05, 4.69) is 26.0 Å². The minimum absolute atomic E-state index is 0.165. The van der Waals surface area contributed by atoms with E-state index >= 15 is 0 Å². The van der Waals surface area contributed by atoms with Gasteiger partial charge in [-0.15, -0.1) is 0 Å². The Balaban J connectivity index is 2.52. The van der Waals surface area contributed by atoms with Gasteiger partial charge >= 0.3 is 0 Å². The Hall–Kier alpha value is -2.00. The fourth-order valence-electron chi connectivity index (χ4n) is 2.43. The van der Waals surface area contributed by atoms with Crippen molar-refractivity contribution in [1.29, 1.82) is 0 Å². The molecule has 1 atom stereocenters. The molecule has 3 heteroatoms. The molecular formula is C18H23NO2. The van der Waals surface area contributed by atoms with Crippen LogP contribution in [0.2, 0.25) is 0 Å². The first kappa shape index (κ1) is 15.4. The van der Waals surface area contributed by atoms with Crippen LogP contribution in [0.25, 0.3) is 0 Å². The molecule has 0 aliphatic heterocycles. The highest BCUT2D eigenvalue weighted by molar-refractivity contribution is 5.52. The largest absolute Gasteiger partial charge is 0.496 e. The van der Waals surface area contributed by atoms with Crippen LogP contribution in [0, 0.1) is 20.8 Å². The Morgan fingerprint density at radius 3 is 2.19 bits per heavy atom. The van der Waals surface area contributed by atoms with E-state index < -0.39 is 0 Å². The van der Waals surface area contributed by atoms with Gasteiger partial charge in [-0.05, 0) is 56.5 Å². The van der Waals surface area contributed by atoms with Gasteiger partial charge in [0.1, 0.15) is 17.2 Å². The number of aryl methyl sites for hydroxylation is 2. The van der Waals surface area contributed by atoms with Crippen LogP contribution in [-0.2, 0) is 0 Å². The van der Waals surface area contributed by atoms with Crippen molar-refractivity contribution in [3.63, 3.8) is 0 Å². The fourth-order valence-corrected chi connectivity index (χ4v) is 2.43. The second kappa shape index (κ2) is 6.19. The minimum atomic E-state index is -0.165. The Morgan fingerprint density at radius 2 is 1.57 bits per heavy atom. The molecule has 3 nitrogen and oxygen atoms in total. The molecule has 2 rings (SSSR count). The van der Waals surface area contributed by atoms with Gasteiger partial charge in [0.2, 0.25) is 0 Å². The highest BCUT2D eigenvalue weighted by Crippen LogP contribution is 2.38. The normalized spacial score (nSPS) is 12.1. The topological polar surface area (TPSA) is 44.5 Å². The lowest BCUT2D eigenvalue weighted by Gasteiger charge is -2.19. The van der Waals surface area contributed by atoms with E-state index in [1.807, 2.05) is 32.0 Å². The summed E-state index contributed by atoms with van der Waals surface area (Å²) >= 11 is 0. The van der Waals surface area contributed by atoms with Gasteiger partial charge in [0.05, 0.1) is 12.7 Å². The molecule has 0 amide bonds. The average molecular weight is 285 g/mol. The van der Waals surface area contributed by atoms with E-state index in [-0.39, 0.29) is 6.04 Å². The maximum absolute atomic E-state index is 6.20. The Bertz CT molecular complexity index is 648. The van der Waals surface area contributed by atoms with Gasteiger partial charge in [-0.2, -0.15) is 0 Å². The summed E-state index contributed by atoms with van der Waals surface area (Å²) < 4.78 is 11.6. The van der Waals surface area contributed by atoms with E-state index in [1.165, 1.54) is 5.56 Å². The van der Waals surface area contributed by atoms with Crippen molar-refractivity contribution < 1.29 is 9.47 Å². The lowest BCUT2D eigenvalue weighted by Crippen LogP contribution is -2.09. The summed E-state index contributed by atoms with van der Waals surface area (Å²) in [4.78, 5) is 0. The molecule has 0 heterocycles. The van der Waals surface area contributed by atoms with Gasteiger partial charge < -0.3 is 15.2 Å². The third-order valence-electron chi connectivity index (χ3n) is 3.79. The molecule has 0 bridgehead atoms. The molecule has 0 fully saturated rings. The molecule has 0 aromatic heterocycles. The zero-order valence-corrected chi connectivity index (χ0v) is 13.4. The third-order valence-corrected chi connectivity index (χ3v) is 3.79. The van der Waals surface area contributed by atoms with Crippen molar-refractivity contribution in [2.75, 3.05) is 7.11 Å². The Labute approximate surface area is 126 Å². The Morgan fingerprint density at radius 1 is 0.952 bits per heavy atom. The monoisotopic (exact) mass is 285 g/mol. The summed E-state index contributed by atoms with van der Waals surface area (Å²) in [6, 6.07) is 9.77. The first-order valence-corrected chi connectivity index (χ1v) is 7.12. The van der Waals surface area contributed by atoms with Gasteiger partial charge in [0, 0.05) is 6.04 Å². The lowest BCUT2D eigenvalue weighted by atomic mass is 10.0. The zero-order chi connectivity index (χ0) is 15.6. The number of hydrogen-bond acceptors (Lipinski definition) is 3. The molecule has 0 radical (unpaired) electrons. The molecule has 0 unspecified atom stereocenters. The average Bonchev–Trinajstić information content (AvgIpc) is 2.47. The van der Waals surface area contributed by atoms with Gasteiger partial charge in [-0.1, -0.05) is 18.2 Å². The van der Waals surface area contributed by atoms with Crippen molar-refractivity contribution >= 4 is 0 Å². The number of rotatable bonds is 4. The van der Waals surface area contributed by atoms with Crippen LogP contribution in [0.1, 0.15) is 35.2 Å². The van der Waals surface area contributed by atoms with Crippen molar-refractivity contribution in [3.05, 3.63) is 52.6 Å². The second-order valence-electron chi connectivity index (χ2n) is 5.42. The van der Waals surface area contributed by atoms with E-state index in [4.69, 9.17) is 15.2 Å². The van der Waals surface area contributed by atoms with Crippen LogP contribution in [0.3, 0.4) is 0 Å². The molecule has 2 aromatic carbocycles. The zero-order valence-electron chi connectivity index (χ0n) is 13.4. The van der Waals surface area contributed by atoms with E-state index in [1.54, 1.807) is 7.11 Å². The summed E-state index contributed by atoms with van der Waals surface area (Å²) in [5.74, 6) is 2.40. The minimum Gasteiger partial charge on any atom is -0.496 e. The first-order chi connectivity index (χ1) is 9.95. The molecule has 112 valence electrons. The summed E-state index contributed by atoms with van der Waals surface area (Å²) in [5.41, 5.74) is 10.4. The van der Waals surface area contributed by atoms with E-state index in [9.17, 15) is 0 Å². The summed E-state index contributed by atoms with van der Waals surface area (Å²) in [6.45, 7) is 8.14. The van der Waals surface area contributed by atoms with Crippen LogP contribution in [0.15, 0.2) is 30.3 Å². The highest BCUT2D eigenvalue weighted by Gasteiger charge is 2.16. The second-order valence-corrected chi connectivity index (χ2v) is 5.42. The first-order valence-electron chi connectivity index (χ1n) is 7.12. The predicted molar refractivity (Wildman–Crippen MR) is 86.3 cm³/mol. The predicted octanol–water partition coefficient (Wildman–Crippen LogP) is 4.43. The molecule has 0 aliphatic rings. The van der Waals surface area contributed by atoms with Crippen LogP contribution in [-0.4, -0.2) is 7.11 Å². The molecule has 0 spiro atoms. The van der Waals surface area contributed by atoms with E-state index in [0.29, 0.717) is 0 Å². The molecule has 0 saturated heterocycles. The van der Waals surface area contributed by atoms with Gasteiger partial charge in [0.15, 0.2) is 0 Å². The maximum atomic E-state index is 6.20. The fraction of sp³-hybridized carbons (Fsp3) is 0.333. The van der Waals surface area contributed by atoms with Crippen molar-refractivity contribution in [3.8, 4) is 17.2 Å². The van der Waals surface area contributed by atoms with Gasteiger partial charge in [0.25, 0.3) is 0 Å². The molecule has 0 aliphatic carbocycles. The number of ether oxygens (including phenoxy) is 2. The van der Waals surface area contributed by atoms with Crippen molar-refractivity contribution in [1.82, 2.24) is 0 Å². The SMILES string of the molecule is COc1cccc(Oc2c(C)ccc(C)c2C)c1[C@@H](C)N. The van der Waals surface area contributed by atoms with Crippen molar-refractivity contribution in [2.24, 2.45) is 5.73 Å². The van der Waals surface area contributed by atoms with Crippen LogP contribution < -0.4 is 15.2 Å². The smallest absolute Gasteiger partial charge is 0.135 e. The highest BCUT2D eigenvalue weighted by atomic mass is 16.5. The van der Waals surface area contributed by atoms with Crippen molar-refractivity contribution in [2.45, 2.75) is 33.7 Å². The number of nitrogens with two attached hydrogens (primary N) is 1. The molecule has 2 N–H and O–H groups in total. The number of hydrogen-bond donors (Lipinski definition) is 1. The standard InChI is InChI=1S/C18H23NO2/c1-11-9-10-12(2)18(13(11)3)21-16-8-6-7-15(20-5)17(16)14(4)19/h6-10,14H,19H2,1-5H3/t14-/m1/s1. The van der Waals surface area contributed by atoms with Gasteiger partial charge in [-0.3, -0.25) is 0 Å². The summed E-state index contributed by atoms with van der Waals surface area (Å²) in [7, 11) is 1.65. The van der Waals surface area contributed by atoms with Gasteiger partial charge in [-0.25, -0.2) is 0 Å². The Kier molecular flexibility index (Phi) is 4.53. The molecule has 2 aromatic rings. The lowest BCUT2D eigenvalue weighted by molar-refractivity contribution is 0.396. The molecule has 21 heavy (non-hydrogen) atoms. The van der Waals surface area contributed by atoms with Crippen LogP contribution >= 0.6 is 0 Å². The van der Waals surface area contributed by atoms with E-state index in [0.717, 1.165) is 33.9 Å². The number of benzene rings is 2.